The summed E-state index contributed by atoms with van der Waals surface area (Å²) in [6.07, 6.45) is 4.21. The van der Waals surface area contributed by atoms with Crippen molar-refractivity contribution in [1.29, 1.82) is 0 Å². The van der Waals surface area contributed by atoms with E-state index in [1.165, 1.54) is 6.42 Å². The van der Waals surface area contributed by atoms with Crippen LogP contribution in [-0.4, -0.2) is 36.7 Å². The van der Waals surface area contributed by atoms with Crippen molar-refractivity contribution < 1.29 is 12.8 Å². The second-order valence-corrected chi connectivity index (χ2v) is 7.45. The van der Waals surface area contributed by atoms with Gasteiger partial charge in [-0.05, 0) is 25.2 Å². The van der Waals surface area contributed by atoms with Gasteiger partial charge in [-0.2, -0.15) is 0 Å². The van der Waals surface area contributed by atoms with Crippen LogP contribution >= 0.6 is 0 Å². The third-order valence-electron chi connectivity index (χ3n) is 3.76. The first-order valence-corrected chi connectivity index (χ1v) is 8.22. The molecule has 1 saturated carbocycles. The molecule has 0 radical (unpaired) electrons. The minimum Gasteiger partial charge on any atom is -0.408 e. The maximum absolute atomic E-state index is 11.3. The highest BCUT2D eigenvalue weighted by molar-refractivity contribution is 7.91. The van der Waals surface area contributed by atoms with Crippen molar-refractivity contribution in [3.05, 3.63) is 5.89 Å². The van der Waals surface area contributed by atoms with E-state index >= 15 is 0 Å². The average Bonchev–Trinajstić information content (AvgIpc) is 2.80. The molecule has 3 rings (SSSR count). The molecule has 1 aliphatic carbocycles. The zero-order valence-corrected chi connectivity index (χ0v) is 10.9. The molecule has 6 nitrogen and oxygen atoms in total. The highest BCUT2D eigenvalue weighted by atomic mass is 32.2. The molecule has 0 spiro atoms. The molecule has 7 heteroatoms. The summed E-state index contributed by atoms with van der Waals surface area (Å²) in [5.41, 5.74) is 0. The van der Waals surface area contributed by atoms with Gasteiger partial charge >= 0.3 is 6.01 Å². The topological polar surface area (TPSA) is 85.1 Å². The molecule has 1 aliphatic heterocycles. The Hall–Kier alpha value is -1.11. The fourth-order valence-electron chi connectivity index (χ4n) is 2.39. The molecular formula is C11H17N3O3S. The van der Waals surface area contributed by atoms with Crippen molar-refractivity contribution in [2.24, 2.45) is 5.92 Å². The maximum atomic E-state index is 11.3. The van der Waals surface area contributed by atoms with Crippen LogP contribution in [0.25, 0.3) is 0 Å². The van der Waals surface area contributed by atoms with Crippen molar-refractivity contribution in [2.75, 3.05) is 23.4 Å². The summed E-state index contributed by atoms with van der Waals surface area (Å²) in [5, 5.41) is 11.0. The number of aromatic nitrogens is 2. The van der Waals surface area contributed by atoms with E-state index in [9.17, 15) is 8.42 Å². The maximum Gasteiger partial charge on any atom is 0.315 e. The van der Waals surface area contributed by atoms with E-state index < -0.39 is 9.84 Å². The molecular weight excluding hydrogens is 254 g/mol. The van der Waals surface area contributed by atoms with Crippen molar-refractivity contribution in [3.63, 3.8) is 0 Å². The molecule has 1 aromatic heterocycles. The lowest BCUT2D eigenvalue weighted by atomic mass is 9.85. The lowest BCUT2D eigenvalue weighted by Gasteiger charge is -2.20. The third kappa shape index (κ3) is 2.50. The monoisotopic (exact) mass is 271 g/mol. The molecule has 0 amide bonds. The predicted molar refractivity (Wildman–Crippen MR) is 66.1 cm³/mol. The van der Waals surface area contributed by atoms with Crippen molar-refractivity contribution >= 4 is 15.9 Å². The first-order valence-electron chi connectivity index (χ1n) is 6.40. The van der Waals surface area contributed by atoms with Gasteiger partial charge in [0.05, 0.1) is 11.5 Å². The summed E-state index contributed by atoms with van der Waals surface area (Å²) in [6.45, 7) is 0.589. The van der Waals surface area contributed by atoms with E-state index in [0.29, 0.717) is 30.1 Å². The fraction of sp³-hybridized carbons (Fsp3) is 0.818. The molecule has 0 unspecified atom stereocenters. The Morgan fingerprint density at radius 3 is 2.72 bits per heavy atom. The molecule has 0 aromatic carbocycles. The molecule has 1 saturated heterocycles. The fourth-order valence-corrected chi connectivity index (χ4v) is 4.25. The Labute approximate surface area is 106 Å². The summed E-state index contributed by atoms with van der Waals surface area (Å²) >= 11 is 0. The highest BCUT2D eigenvalue weighted by Crippen LogP contribution is 2.35. The van der Waals surface area contributed by atoms with Crippen molar-refractivity contribution in [1.82, 2.24) is 10.2 Å². The van der Waals surface area contributed by atoms with Gasteiger partial charge in [-0.25, -0.2) is 8.42 Å². The Balaban J connectivity index is 1.52. The van der Waals surface area contributed by atoms with Crippen molar-refractivity contribution in [2.45, 2.75) is 31.6 Å². The van der Waals surface area contributed by atoms with Gasteiger partial charge in [0, 0.05) is 12.5 Å². The van der Waals surface area contributed by atoms with Gasteiger partial charge < -0.3 is 9.73 Å². The van der Waals surface area contributed by atoms with E-state index in [-0.39, 0.29) is 11.7 Å². The van der Waals surface area contributed by atoms with Crippen LogP contribution in [0.4, 0.5) is 6.01 Å². The average molecular weight is 271 g/mol. The Kier molecular flexibility index (Phi) is 3.01. The van der Waals surface area contributed by atoms with Crippen LogP contribution in [0.5, 0.6) is 0 Å². The number of nitrogens with one attached hydrogen (secondary N) is 1. The Morgan fingerprint density at radius 1 is 1.28 bits per heavy atom. The first-order chi connectivity index (χ1) is 8.62. The number of hydrogen-bond acceptors (Lipinski definition) is 6. The quantitative estimate of drug-likeness (QED) is 0.885. The van der Waals surface area contributed by atoms with Crippen LogP contribution in [-0.2, 0) is 9.84 Å². The summed E-state index contributed by atoms with van der Waals surface area (Å²) in [6, 6.07) is 0.418. The summed E-state index contributed by atoms with van der Waals surface area (Å²) < 4.78 is 28.1. The number of rotatable bonds is 4. The predicted octanol–water partition coefficient (Wildman–Crippen LogP) is 1.18. The van der Waals surface area contributed by atoms with Crippen LogP contribution < -0.4 is 5.32 Å². The zero-order chi connectivity index (χ0) is 12.6. The second-order valence-electron chi connectivity index (χ2n) is 5.22. The SMILES string of the molecule is O=S1(=O)CC[C@H](CNc2nnc(C3CCC3)o2)C1. The van der Waals surface area contributed by atoms with Gasteiger partial charge in [0.15, 0.2) is 9.84 Å². The minimum atomic E-state index is -2.81. The van der Waals surface area contributed by atoms with Gasteiger partial charge in [-0.1, -0.05) is 11.5 Å². The van der Waals surface area contributed by atoms with E-state index in [1.54, 1.807) is 0 Å². The molecule has 100 valence electrons. The van der Waals surface area contributed by atoms with Gasteiger partial charge in [-0.3, -0.25) is 0 Å². The van der Waals surface area contributed by atoms with Crippen LogP contribution in [0.1, 0.15) is 37.5 Å². The van der Waals surface area contributed by atoms with Gasteiger partial charge in [0.25, 0.3) is 0 Å². The molecule has 2 fully saturated rings. The number of anilines is 1. The van der Waals surface area contributed by atoms with E-state index in [0.717, 1.165) is 19.3 Å². The number of hydrogen-bond donors (Lipinski definition) is 1. The Bertz CT molecular complexity index is 521. The highest BCUT2D eigenvalue weighted by Gasteiger charge is 2.28. The van der Waals surface area contributed by atoms with Crippen LogP contribution in [0.15, 0.2) is 4.42 Å². The van der Waals surface area contributed by atoms with Gasteiger partial charge in [-0.15, -0.1) is 5.10 Å². The lowest BCUT2D eigenvalue weighted by Crippen LogP contribution is -2.15. The summed E-state index contributed by atoms with van der Waals surface area (Å²) in [5.74, 6) is 1.87. The normalized spacial score (nSPS) is 27.0. The van der Waals surface area contributed by atoms with E-state index in [1.807, 2.05) is 0 Å². The molecule has 1 N–H and O–H groups in total. The van der Waals surface area contributed by atoms with Crippen LogP contribution in [0.2, 0.25) is 0 Å². The third-order valence-corrected chi connectivity index (χ3v) is 5.60. The standard InChI is InChI=1S/C11H17N3O3S/c15-18(16)5-4-8(7-18)6-12-11-14-13-10(17-11)9-2-1-3-9/h8-9H,1-7H2,(H,12,14)/t8-/m1/s1. The molecule has 1 atom stereocenters. The van der Waals surface area contributed by atoms with E-state index in [4.69, 9.17) is 4.42 Å². The zero-order valence-electron chi connectivity index (χ0n) is 10.1. The largest absolute Gasteiger partial charge is 0.408 e. The van der Waals surface area contributed by atoms with E-state index in [2.05, 4.69) is 15.5 Å². The second kappa shape index (κ2) is 4.53. The van der Waals surface area contributed by atoms with Crippen LogP contribution in [0.3, 0.4) is 0 Å². The smallest absolute Gasteiger partial charge is 0.315 e. The summed E-state index contributed by atoms with van der Waals surface area (Å²) in [7, 11) is -2.81. The number of sulfone groups is 1. The molecule has 2 heterocycles. The molecule has 0 bridgehead atoms. The molecule has 18 heavy (non-hydrogen) atoms. The molecule has 1 aromatic rings. The Morgan fingerprint density at radius 2 is 2.11 bits per heavy atom. The lowest BCUT2D eigenvalue weighted by molar-refractivity contribution is 0.338. The van der Waals surface area contributed by atoms with Crippen LogP contribution in [0, 0.1) is 5.92 Å². The molecule has 2 aliphatic rings. The minimum absolute atomic E-state index is 0.161. The van der Waals surface area contributed by atoms with Gasteiger partial charge in [0.2, 0.25) is 5.89 Å². The van der Waals surface area contributed by atoms with Gasteiger partial charge in [0.1, 0.15) is 0 Å². The number of nitrogens with zero attached hydrogens (tertiary/aromatic N) is 2. The first kappa shape index (κ1) is 12.0. The van der Waals surface area contributed by atoms with Crippen molar-refractivity contribution in [3.8, 4) is 0 Å². The summed E-state index contributed by atoms with van der Waals surface area (Å²) in [4.78, 5) is 0.